The fourth-order valence-electron chi connectivity index (χ4n) is 2.69. The number of sulfonamides is 2. The van der Waals surface area contributed by atoms with Crippen LogP contribution in [0.15, 0.2) is 52.3 Å². The average Bonchev–Trinajstić information content (AvgIpc) is 2.70. The molecule has 2 aromatic rings. The molecule has 0 aliphatic rings. The predicted molar refractivity (Wildman–Crippen MR) is 113 cm³/mol. The Bertz CT molecular complexity index is 1140. The molecule has 2 N–H and O–H groups in total. The van der Waals surface area contributed by atoms with Crippen molar-refractivity contribution < 1.29 is 26.7 Å². The fourth-order valence-corrected chi connectivity index (χ4v) is 5.12. The first-order valence-corrected chi connectivity index (χ1v) is 12.0. The van der Waals surface area contributed by atoms with Gasteiger partial charge >= 0.3 is 0 Å². The summed E-state index contributed by atoms with van der Waals surface area (Å²) in [6.07, 6.45) is 0. The molecule has 0 saturated carbocycles. The van der Waals surface area contributed by atoms with E-state index in [0.29, 0.717) is 0 Å². The van der Waals surface area contributed by atoms with Gasteiger partial charge in [0.1, 0.15) is 5.75 Å². The van der Waals surface area contributed by atoms with Gasteiger partial charge in [0, 0.05) is 32.7 Å². The summed E-state index contributed by atoms with van der Waals surface area (Å²) in [6.45, 7) is 4.01. The molecule has 164 valence electrons. The van der Waals surface area contributed by atoms with Gasteiger partial charge in [0.2, 0.25) is 20.0 Å². The number of carbonyl (C=O) groups is 1. The second-order valence-corrected chi connectivity index (χ2v) is 10.6. The molecule has 9 nitrogen and oxygen atoms in total. The van der Waals surface area contributed by atoms with E-state index in [1.54, 1.807) is 13.8 Å². The van der Waals surface area contributed by atoms with Crippen molar-refractivity contribution in [2.45, 2.75) is 23.6 Å². The molecule has 11 heteroatoms. The predicted octanol–water partition coefficient (Wildman–Crippen LogP) is 1.93. The molecule has 2 aromatic carbocycles. The number of benzene rings is 2. The van der Waals surface area contributed by atoms with E-state index in [1.807, 2.05) is 0 Å². The molecule has 0 unspecified atom stereocenters. The Kier molecular flexibility index (Phi) is 7.24. The van der Waals surface area contributed by atoms with Crippen molar-refractivity contribution in [3.63, 3.8) is 0 Å². The number of phenolic OH excluding ortho intramolecular Hbond substituents is 1. The van der Waals surface area contributed by atoms with E-state index in [9.17, 15) is 26.7 Å². The lowest BCUT2D eigenvalue weighted by molar-refractivity contribution is 0.102. The Hall–Kier alpha value is -2.47. The maximum absolute atomic E-state index is 12.7. The molecule has 0 heterocycles. The Balaban J connectivity index is 2.38. The summed E-state index contributed by atoms with van der Waals surface area (Å²) in [4.78, 5) is 12.5. The molecule has 0 spiro atoms. The van der Waals surface area contributed by atoms with Gasteiger partial charge < -0.3 is 10.4 Å². The molecular weight excluding hydrogens is 430 g/mol. The highest BCUT2D eigenvalue weighted by Crippen LogP contribution is 2.28. The van der Waals surface area contributed by atoms with Gasteiger partial charge in [-0.15, -0.1) is 0 Å². The topological polar surface area (TPSA) is 124 Å². The van der Waals surface area contributed by atoms with Crippen LogP contribution in [0.25, 0.3) is 0 Å². The number of hydrogen-bond acceptors (Lipinski definition) is 6. The molecule has 0 saturated heterocycles. The third kappa shape index (κ3) is 4.81. The molecule has 0 aliphatic heterocycles. The number of hydrogen-bond donors (Lipinski definition) is 2. The summed E-state index contributed by atoms with van der Waals surface area (Å²) >= 11 is 0. The van der Waals surface area contributed by atoms with Crippen LogP contribution in [-0.2, 0) is 20.0 Å². The Labute approximate surface area is 177 Å². The van der Waals surface area contributed by atoms with E-state index < -0.39 is 26.0 Å². The van der Waals surface area contributed by atoms with Crippen LogP contribution in [0.5, 0.6) is 5.75 Å². The highest BCUT2D eigenvalue weighted by atomic mass is 32.2. The number of nitrogens with one attached hydrogen (secondary N) is 1. The van der Waals surface area contributed by atoms with Crippen molar-refractivity contribution >= 4 is 31.6 Å². The zero-order chi connectivity index (χ0) is 22.7. The first-order chi connectivity index (χ1) is 13.9. The zero-order valence-corrected chi connectivity index (χ0v) is 18.8. The lowest BCUT2D eigenvalue weighted by Gasteiger charge is -2.18. The molecule has 0 bridgehead atoms. The van der Waals surface area contributed by atoms with Crippen LogP contribution < -0.4 is 5.32 Å². The second kappa shape index (κ2) is 9.13. The molecule has 2 rings (SSSR count). The number of phenols is 1. The van der Waals surface area contributed by atoms with Crippen LogP contribution >= 0.6 is 0 Å². The van der Waals surface area contributed by atoms with Gasteiger partial charge in [0.25, 0.3) is 5.91 Å². The van der Waals surface area contributed by atoms with E-state index in [-0.39, 0.29) is 39.9 Å². The largest absolute Gasteiger partial charge is 0.506 e. The zero-order valence-electron chi connectivity index (χ0n) is 17.2. The monoisotopic (exact) mass is 455 g/mol. The van der Waals surface area contributed by atoms with Crippen LogP contribution in [0.2, 0.25) is 0 Å². The quantitative estimate of drug-likeness (QED) is 0.586. The van der Waals surface area contributed by atoms with E-state index in [0.717, 1.165) is 16.4 Å². The first-order valence-electron chi connectivity index (χ1n) is 9.12. The summed E-state index contributed by atoms with van der Waals surface area (Å²) in [6, 6.07) is 9.02. The summed E-state index contributed by atoms with van der Waals surface area (Å²) in [5.41, 5.74) is -0.0663. The SMILES string of the molecule is CCN(CC)S(=O)(=O)c1cccc(C(=O)Nc2cc(S(=O)(=O)N(C)C)ccc2O)c1. The highest BCUT2D eigenvalue weighted by molar-refractivity contribution is 7.89. The highest BCUT2D eigenvalue weighted by Gasteiger charge is 2.23. The van der Waals surface area contributed by atoms with Crippen molar-refractivity contribution in [2.75, 3.05) is 32.5 Å². The second-order valence-electron chi connectivity index (χ2n) is 6.54. The number of nitrogens with zero attached hydrogens (tertiary/aromatic N) is 2. The Morgan fingerprint density at radius 3 is 2.10 bits per heavy atom. The van der Waals surface area contributed by atoms with Gasteiger partial charge in [-0.05, 0) is 36.4 Å². The summed E-state index contributed by atoms with van der Waals surface area (Å²) in [5.74, 6) is -1.02. The Morgan fingerprint density at radius 1 is 0.933 bits per heavy atom. The molecule has 30 heavy (non-hydrogen) atoms. The molecule has 0 aliphatic carbocycles. The summed E-state index contributed by atoms with van der Waals surface area (Å²) < 4.78 is 52.2. The minimum Gasteiger partial charge on any atom is -0.506 e. The van der Waals surface area contributed by atoms with E-state index in [2.05, 4.69) is 5.32 Å². The minimum absolute atomic E-state index is 0.0352. The van der Waals surface area contributed by atoms with Crippen LogP contribution in [0, 0.1) is 0 Å². The Morgan fingerprint density at radius 2 is 1.53 bits per heavy atom. The number of aromatic hydroxyl groups is 1. The van der Waals surface area contributed by atoms with E-state index >= 15 is 0 Å². The van der Waals surface area contributed by atoms with Crippen molar-refractivity contribution in [2.24, 2.45) is 0 Å². The molecule has 0 fully saturated rings. The molecular formula is C19H25N3O6S2. The minimum atomic E-state index is -3.77. The van der Waals surface area contributed by atoms with Crippen LogP contribution in [0.4, 0.5) is 5.69 Å². The summed E-state index contributed by atoms with van der Waals surface area (Å²) in [5, 5.41) is 12.5. The molecule has 0 atom stereocenters. The van der Waals surface area contributed by atoms with Crippen molar-refractivity contribution in [1.29, 1.82) is 0 Å². The first kappa shape index (κ1) is 23.8. The van der Waals surface area contributed by atoms with Gasteiger partial charge in [0.15, 0.2) is 0 Å². The molecule has 0 aromatic heterocycles. The van der Waals surface area contributed by atoms with Crippen molar-refractivity contribution in [1.82, 2.24) is 8.61 Å². The number of rotatable bonds is 8. The third-order valence-corrected chi connectivity index (χ3v) is 8.29. The maximum atomic E-state index is 12.7. The lowest BCUT2D eigenvalue weighted by atomic mass is 10.2. The summed E-state index contributed by atoms with van der Waals surface area (Å²) in [7, 11) is -4.80. The lowest BCUT2D eigenvalue weighted by Crippen LogP contribution is -2.30. The van der Waals surface area contributed by atoms with Gasteiger partial charge in [0.05, 0.1) is 15.5 Å². The normalized spacial score (nSPS) is 12.3. The van der Waals surface area contributed by atoms with Gasteiger partial charge in [-0.3, -0.25) is 4.79 Å². The maximum Gasteiger partial charge on any atom is 0.255 e. The van der Waals surface area contributed by atoms with Crippen molar-refractivity contribution in [3.8, 4) is 5.75 Å². The van der Waals surface area contributed by atoms with Crippen LogP contribution in [0.1, 0.15) is 24.2 Å². The van der Waals surface area contributed by atoms with Crippen LogP contribution in [0.3, 0.4) is 0 Å². The van der Waals surface area contributed by atoms with E-state index in [1.165, 1.54) is 48.7 Å². The molecule has 0 radical (unpaired) electrons. The average molecular weight is 456 g/mol. The van der Waals surface area contributed by atoms with Gasteiger partial charge in [-0.1, -0.05) is 19.9 Å². The number of anilines is 1. The van der Waals surface area contributed by atoms with Gasteiger partial charge in [-0.2, -0.15) is 4.31 Å². The van der Waals surface area contributed by atoms with Crippen LogP contribution in [-0.4, -0.2) is 63.6 Å². The number of amides is 1. The third-order valence-electron chi connectivity index (χ3n) is 4.43. The molecule has 1 amide bonds. The fraction of sp³-hybridized carbons (Fsp3) is 0.316. The number of carbonyl (C=O) groups excluding carboxylic acids is 1. The van der Waals surface area contributed by atoms with Gasteiger partial charge in [-0.25, -0.2) is 21.1 Å². The standard InChI is InChI=1S/C19H25N3O6S2/c1-5-22(6-2)30(27,28)15-9-7-8-14(12-15)19(24)20-17-13-16(10-11-18(17)23)29(25,26)21(3)4/h7-13,23H,5-6H2,1-4H3,(H,20,24). The van der Waals surface area contributed by atoms with Crippen molar-refractivity contribution in [3.05, 3.63) is 48.0 Å². The smallest absolute Gasteiger partial charge is 0.255 e. The van der Waals surface area contributed by atoms with E-state index in [4.69, 9.17) is 0 Å².